The zero-order valence-corrected chi connectivity index (χ0v) is 8.76. The Labute approximate surface area is 85.9 Å². The molecule has 1 aliphatic carbocycles. The van der Waals surface area contributed by atoms with Gasteiger partial charge in [0.2, 0.25) is 0 Å². The van der Waals surface area contributed by atoms with Crippen LogP contribution >= 0.6 is 0 Å². The highest BCUT2D eigenvalue weighted by Crippen LogP contribution is 2.34. The van der Waals surface area contributed by atoms with Gasteiger partial charge in [0.1, 0.15) is 0 Å². The number of nitrogens with zero attached hydrogens (tertiary/aromatic N) is 1. The molecule has 1 heterocycles. The summed E-state index contributed by atoms with van der Waals surface area (Å²) in [5.74, 6) is 1.85. The van der Waals surface area contributed by atoms with Crippen molar-refractivity contribution in [3.05, 3.63) is 0 Å². The van der Waals surface area contributed by atoms with E-state index in [0.717, 1.165) is 12.3 Å². The van der Waals surface area contributed by atoms with Crippen molar-refractivity contribution in [1.29, 1.82) is 0 Å². The van der Waals surface area contributed by atoms with Gasteiger partial charge in [-0.15, -0.1) is 0 Å². The highest BCUT2D eigenvalue weighted by molar-refractivity contribution is 7.79. The maximum Gasteiger partial charge on any atom is 0.338 e. The van der Waals surface area contributed by atoms with Crippen LogP contribution in [0, 0.1) is 11.8 Å². The first kappa shape index (κ1) is 9.92. The molecule has 1 saturated carbocycles. The summed E-state index contributed by atoms with van der Waals surface area (Å²) >= 11 is -1.46. The largest absolute Gasteiger partial charge is 0.338 e. The molecular formula is C8H15N3O2S. The lowest BCUT2D eigenvalue weighted by Gasteiger charge is -2.32. The summed E-state index contributed by atoms with van der Waals surface area (Å²) in [6.45, 7) is 0.665. The van der Waals surface area contributed by atoms with Crippen molar-refractivity contribution in [2.24, 2.45) is 22.7 Å². The minimum Gasteiger partial charge on any atom is -0.330 e. The van der Waals surface area contributed by atoms with Crippen molar-refractivity contribution in [3.8, 4) is 0 Å². The Kier molecular flexibility index (Phi) is 3.02. The second kappa shape index (κ2) is 4.27. The standard InChI is InChI=1S/C8H15N3O2S/c9-5-7(6-2-1-3-6)4-8-10-13-14(12)11-8/h6-7H,1-5,9H2,(H,10,11). The molecule has 3 N–H and O–H groups in total. The number of rotatable bonds is 4. The fourth-order valence-corrected chi connectivity index (χ4v) is 2.40. The Morgan fingerprint density at radius 3 is 2.93 bits per heavy atom. The van der Waals surface area contributed by atoms with Crippen LogP contribution in [-0.4, -0.2) is 16.6 Å². The van der Waals surface area contributed by atoms with Crippen LogP contribution in [0.4, 0.5) is 0 Å². The maximum atomic E-state index is 10.8. The first-order valence-corrected chi connectivity index (χ1v) is 6.00. The van der Waals surface area contributed by atoms with Crippen LogP contribution < -0.4 is 10.5 Å². The van der Waals surface area contributed by atoms with Crippen molar-refractivity contribution in [2.75, 3.05) is 6.54 Å². The minimum atomic E-state index is -1.46. The smallest absolute Gasteiger partial charge is 0.330 e. The molecular weight excluding hydrogens is 202 g/mol. The van der Waals surface area contributed by atoms with Crippen LogP contribution in [0.3, 0.4) is 0 Å². The monoisotopic (exact) mass is 217 g/mol. The SMILES string of the molecule is NCC(CC1=NOS(=O)N1)C1CCC1. The lowest BCUT2D eigenvalue weighted by Crippen LogP contribution is -2.33. The average Bonchev–Trinajstić information content (AvgIpc) is 2.47. The van der Waals surface area contributed by atoms with E-state index in [4.69, 9.17) is 5.73 Å². The summed E-state index contributed by atoms with van der Waals surface area (Å²) in [7, 11) is 0. The topological polar surface area (TPSA) is 76.7 Å². The second-order valence-corrected chi connectivity index (χ2v) is 4.66. The Hall–Kier alpha value is -0.620. The van der Waals surface area contributed by atoms with Gasteiger partial charge >= 0.3 is 11.3 Å². The van der Waals surface area contributed by atoms with E-state index < -0.39 is 11.3 Å². The van der Waals surface area contributed by atoms with E-state index in [9.17, 15) is 4.21 Å². The van der Waals surface area contributed by atoms with Crippen molar-refractivity contribution in [3.63, 3.8) is 0 Å². The molecule has 2 unspecified atom stereocenters. The van der Waals surface area contributed by atoms with Crippen molar-refractivity contribution in [2.45, 2.75) is 25.7 Å². The molecule has 0 saturated heterocycles. The minimum absolute atomic E-state index is 0.452. The number of amidine groups is 1. The third-order valence-corrected chi connectivity index (χ3v) is 3.60. The number of oxime groups is 1. The molecule has 0 spiro atoms. The third kappa shape index (κ3) is 2.06. The molecule has 6 heteroatoms. The molecule has 2 aliphatic rings. The van der Waals surface area contributed by atoms with Crippen molar-refractivity contribution in [1.82, 2.24) is 4.72 Å². The number of hydrogen-bond acceptors (Lipinski definition) is 4. The van der Waals surface area contributed by atoms with Crippen LogP contribution in [-0.2, 0) is 15.6 Å². The van der Waals surface area contributed by atoms with Crippen LogP contribution in [0.1, 0.15) is 25.7 Å². The highest BCUT2D eigenvalue weighted by atomic mass is 32.2. The van der Waals surface area contributed by atoms with Crippen molar-refractivity contribution >= 4 is 17.1 Å². The molecule has 0 aromatic heterocycles. The van der Waals surface area contributed by atoms with E-state index in [1.54, 1.807) is 0 Å². The molecule has 5 nitrogen and oxygen atoms in total. The average molecular weight is 217 g/mol. The van der Waals surface area contributed by atoms with Crippen molar-refractivity contribution < 1.29 is 8.49 Å². The fourth-order valence-electron chi connectivity index (χ4n) is 1.89. The van der Waals surface area contributed by atoms with Gasteiger partial charge in [-0.2, -0.15) is 4.21 Å². The van der Waals surface area contributed by atoms with Gasteiger partial charge in [0, 0.05) is 6.42 Å². The van der Waals surface area contributed by atoms with Crippen LogP contribution in [0.2, 0.25) is 0 Å². The molecule has 1 fully saturated rings. The van der Waals surface area contributed by atoms with E-state index in [1.807, 2.05) is 0 Å². The van der Waals surface area contributed by atoms with E-state index >= 15 is 0 Å². The Morgan fingerprint density at radius 1 is 1.71 bits per heavy atom. The number of nitrogens with one attached hydrogen (secondary N) is 1. The zero-order chi connectivity index (χ0) is 9.97. The van der Waals surface area contributed by atoms with E-state index in [0.29, 0.717) is 18.3 Å². The van der Waals surface area contributed by atoms with Crippen LogP contribution in [0.25, 0.3) is 0 Å². The Morgan fingerprint density at radius 2 is 2.50 bits per heavy atom. The van der Waals surface area contributed by atoms with Gasteiger partial charge in [0.05, 0.1) is 0 Å². The van der Waals surface area contributed by atoms with Crippen LogP contribution in [0.5, 0.6) is 0 Å². The van der Waals surface area contributed by atoms with Gasteiger partial charge < -0.3 is 5.73 Å². The summed E-state index contributed by atoms with van der Waals surface area (Å²) in [6, 6.07) is 0. The highest BCUT2D eigenvalue weighted by Gasteiger charge is 2.29. The summed E-state index contributed by atoms with van der Waals surface area (Å²) < 4.78 is 18.0. The Bertz CT molecular complexity index is 265. The van der Waals surface area contributed by atoms with Gasteiger partial charge in [-0.25, -0.2) is 0 Å². The molecule has 0 aromatic carbocycles. The first-order chi connectivity index (χ1) is 6.79. The quantitative estimate of drug-likeness (QED) is 0.709. The van der Waals surface area contributed by atoms with Gasteiger partial charge in [-0.05, 0) is 18.4 Å². The maximum absolute atomic E-state index is 10.8. The number of nitrogens with two attached hydrogens (primary N) is 1. The van der Waals surface area contributed by atoms with E-state index in [-0.39, 0.29) is 0 Å². The lowest BCUT2D eigenvalue weighted by atomic mass is 9.74. The van der Waals surface area contributed by atoms with Gasteiger partial charge in [-0.3, -0.25) is 9.01 Å². The molecule has 0 bridgehead atoms. The van der Waals surface area contributed by atoms with Gasteiger partial charge in [0.15, 0.2) is 5.84 Å². The molecule has 0 amide bonds. The molecule has 2 rings (SSSR count). The van der Waals surface area contributed by atoms with E-state index in [2.05, 4.69) is 14.2 Å². The Balaban J connectivity index is 1.84. The van der Waals surface area contributed by atoms with Gasteiger partial charge in [0.25, 0.3) is 0 Å². The molecule has 2 atom stereocenters. The molecule has 0 radical (unpaired) electrons. The number of hydrogen-bond donors (Lipinski definition) is 2. The molecule has 14 heavy (non-hydrogen) atoms. The fraction of sp³-hybridized carbons (Fsp3) is 0.875. The molecule has 0 aromatic rings. The first-order valence-electron chi connectivity index (χ1n) is 4.92. The van der Waals surface area contributed by atoms with E-state index in [1.165, 1.54) is 19.3 Å². The van der Waals surface area contributed by atoms with Gasteiger partial charge in [-0.1, -0.05) is 24.4 Å². The lowest BCUT2D eigenvalue weighted by molar-refractivity contribution is 0.215. The predicted octanol–water partition coefficient (Wildman–Crippen LogP) is 0.263. The third-order valence-electron chi connectivity index (χ3n) is 2.99. The summed E-state index contributed by atoms with van der Waals surface area (Å²) in [6.07, 6.45) is 4.59. The summed E-state index contributed by atoms with van der Waals surface area (Å²) in [5, 5.41) is 3.70. The summed E-state index contributed by atoms with van der Waals surface area (Å²) in [4.78, 5) is 0. The molecule has 80 valence electrons. The second-order valence-electron chi connectivity index (χ2n) is 3.84. The molecule has 1 aliphatic heterocycles. The summed E-state index contributed by atoms with van der Waals surface area (Å²) in [5.41, 5.74) is 5.70. The zero-order valence-electron chi connectivity index (χ0n) is 7.94. The normalized spacial score (nSPS) is 28.6. The van der Waals surface area contributed by atoms with Crippen LogP contribution in [0.15, 0.2) is 5.16 Å². The predicted molar refractivity (Wildman–Crippen MR) is 54.3 cm³/mol.